The standard InChI is InChI=1S/C4H7N6/c1-6-4(5)2-10-3-7-8-9-10/h2H2,1H3,(H2,5,6). The van der Waals surface area contributed by atoms with E-state index in [0.29, 0.717) is 12.4 Å². The molecule has 1 radical (unpaired) electrons. The average Bonchev–Trinajstić information content (AvgIpc) is 2.40. The Hall–Kier alpha value is -1.46. The first-order chi connectivity index (χ1) is 4.83. The van der Waals surface area contributed by atoms with Crippen molar-refractivity contribution in [3.8, 4) is 0 Å². The summed E-state index contributed by atoms with van der Waals surface area (Å²) in [5, 5.41) is 20.0. The van der Waals surface area contributed by atoms with Crippen LogP contribution in [0, 0.1) is 11.7 Å². The van der Waals surface area contributed by atoms with Crippen LogP contribution in [0.25, 0.3) is 0 Å². The Bertz CT molecular complexity index is 202. The van der Waals surface area contributed by atoms with Gasteiger partial charge in [0.2, 0.25) is 6.33 Å². The zero-order valence-corrected chi connectivity index (χ0v) is 5.50. The molecule has 0 fully saturated rings. The molecule has 0 aliphatic carbocycles. The van der Waals surface area contributed by atoms with Crippen molar-refractivity contribution in [3.63, 3.8) is 0 Å². The minimum absolute atomic E-state index is 0.337. The molecule has 6 heteroatoms. The SMILES string of the molecule is CNC(=N)Cn1[c]nnn1. The molecular weight excluding hydrogens is 132 g/mol. The van der Waals surface area contributed by atoms with Gasteiger partial charge in [-0.15, -0.1) is 5.10 Å². The van der Waals surface area contributed by atoms with Crippen molar-refractivity contribution >= 4 is 5.84 Å². The van der Waals surface area contributed by atoms with E-state index in [-0.39, 0.29) is 0 Å². The van der Waals surface area contributed by atoms with Crippen molar-refractivity contribution in [2.24, 2.45) is 0 Å². The Labute approximate surface area is 57.7 Å². The monoisotopic (exact) mass is 139 g/mol. The second-order valence-electron chi connectivity index (χ2n) is 1.67. The number of likely N-dealkylation sites (N-methyl/N-ethyl adjacent to an activating group) is 1. The van der Waals surface area contributed by atoms with Crippen molar-refractivity contribution in [1.82, 2.24) is 25.5 Å². The van der Waals surface area contributed by atoms with Crippen LogP contribution in [0.1, 0.15) is 0 Å². The Balaban J connectivity index is 2.48. The summed E-state index contributed by atoms with van der Waals surface area (Å²) < 4.78 is 1.35. The number of hydrogen-bond acceptors (Lipinski definition) is 4. The summed E-state index contributed by atoms with van der Waals surface area (Å²) in [6, 6.07) is 0. The summed E-state index contributed by atoms with van der Waals surface area (Å²) in [6.07, 6.45) is 2.47. The topological polar surface area (TPSA) is 79.5 Å². The molecule has 1 aromatic heterocycles. The van der Waals surface area contributed by atoms with Crippen LogP contribution in [0.15, 0.2) is 0 Å². The second-order valence-corrected chi connectivity index (χ2v) is 1.67. The summed E-state index contributed by atoms with van der Waals surface area (Å²) >= 11 is 0. The Morgan fingerprint density at radius 3 is 3.10 bits per heavy atom. The molecule has 0 spiro atoms. The van der Waals surface area contributed by atoms with Crippen LogP contribution in [0.2, 0.25) is 0 Å². The maximum absolute atomic E-state index is 7.17. The van der Waals surface area contributed by atoms with Gasteiger partial charge < -0.3 is 5.32 Å². The lowest BCUT2D eigenvalue weighted by Gasteiger charge is -1.98. The van der Waals surface area contributed by atoms with Crippen molar-refractivity contribution < 1.29 is 0 Å². The summed E-state index contributed by atoms with van der Waals surface area (Å²) in [5.74, 6) is 0.351. The maximum atomic E-state index is 7.17. The van der Waals surface area contributed by atoms with Gasteiger partial charge in [-0.2, -0.15) is 0 Å². The van der Waals surface area contributed by atoms with E-state index in [2.05, 4.69) is 27.2 Å². The predicted molar refractivity (Wildman–Crippen MR) is 33.4 cm³/mol. The molecule has 2 N–H and O–H groups in total. The summed E-state index contributed by atoms with van der Waals surface area (Å²) in [6.45, 7) is 0.337. The smallest absolute Gasteiger partial charge is 0.222 e. The van der Waals surface area contributed by atoms with Gasteiger partial charge in [0.25, 0.3) is 0 Å². The van der Waals surface area contributed by atoms with E-state index in [0.717, 1.165) is 0 Å². The molecule has 0 amide bonds. The van der Waals surface area contributed by atoms with E-state index in [1.54, 1.807) is 7.05 Å². The molecule has 1 heterocycles. The van der Waals surface area contributed by atoms with Gasteiger partial charge in [0.05, 0.1) is 0 Å². The fourth-order valence-corrected chi connectivity index (χ4v) is 0.456. The molecule has 0 aliphatic rings. The molecule has 0 saturated carbocycles. The predicted octanol–water partition coefficient (Wildman–Crippen LogP) is -1.33. The largest absolute Gasteiger partial charge is 0.376 e. The zero-order chi connectivity index (χ0) is 7.40. The minimum atomic E-state index is 0.337. The fourth-order valence-electron chi connectivity index (χ4n) is 0.456. The number of amidine groups is 1. The second kappa shape index (κ2) is 2.90. The van der Waals surface area contributed by atoms with Gasteiger partial charge in [0.15, 0.2) is 0 Å². The van der Waals surface area contributed by atoms with Crippen LogP contribution in [0.3, 0.4) is 0 Å². The molecule has 6 nitrogen and oxygen atoms in total. The number of tetrazole rings is 1. The van der Waals surface area contributed by atoms with Crippen molar-refractivity contribution in [2.45, 2.75) is 6.54 Å². The highest BCUT2D eigenvalue weighted by atomic mass is 15.5. The number of nitrogens with one attached hydrogen (secondary N) is 2. The van der Waals surface area contributed by atoms with Gasteiger partial charge in [0.1, 0.15) is 12.4 Å². The maximum Gasteiger partial charge on any atom is 0.222 e. The van der Waals surface area contributed by atoms with E-state index in [4.69, 9.17) is 5.41 Å². The molecule has 0 saturated heterocycles. The molecular formula is C4H7N6. The minimum Gasteiger partial charge on any atom is -0.376 e. The zero-order valence-electron chi connectivity index (χ0n) is 5.50. The van der Waals surface area contributed by atoms with Gasteiger partial charge in [-0.3, -0.25) is 5.41 Å². The summed E-state index contributed by atoms with van der Waals surface area (Å²) in [5.41, 5.74) is 0. The van der Waals surface area contributed by atoms with E-state index in [1.807, 2.05) is 0 Å². The van der Waals surface area contributed by atoms with Crippen LogP contribution >= 0.6 is 0 Å². The van der Waals surface area contributed by atoms with Gasteiger partial charge in [-0.05, 0) is 10.4 Å². The highest BCUT2D eigenvalue weighted by molar-refractivity contribution is 5.78. The number of hydrogen-bond donors (Lipinski definition) is 2. The van der Waals surface area contributed by atoms with Crippen molar-refractivity contribution in [2.75, 3.05) is 7.05 Å². The lowest BCUT2D eigenvalue weighted by molar-refractivity contribution is 0.663. The van der Waals surface area contributed by atoms with E-state index >= 15 is 0 Å². The van der Waals surface area contributed by atoms with Crippen molar-refractivity contribution in [1.29, 1.82) is 5.41 Å². The molecule has 1 aromatic rings. The molecule has 0 aliphatic heterocycles. The first kappa shape index (κ1) is 6.66. The highest BCUT2D eigenvalue weighted by Crippen LogP contribution is 1.75. The van der Waals surface area contributed by atoms with E-state index < -0.39 is 0 Å². The van der Waals surface area contributed by atoms with Crippen LogP contribution in [0.4, 0.5) is 0 Å². The first-order valence-corrected chi connectivity index (χ1v) is 2.72. The molecule has 0 atom stereocenters. The quantitative estimate of drug-likeness (QED) is 0.393. The third-order valence-electron chi connectivity index (χ3n) is 0.962. The molecule has 0 bridgehead atoms. The molecule has 10 heavy (non-hydrogen) atoms. The first-order valence-electron chi connectivity index (χ1n) is 2.72. The number of nitrogens with zero attached hydrogens (tertiary/aromatic N) is 4. The third-order valence-corrected chi connectivity index (χ3v) is 0.962. The van der Waals surface area contributed by atoms with Gasteiger partial charge in [-0.25, -0.2) is 4.68 Å². The molecule has 53 valence electrons. The Kier molecular flexibility index (Phi) is 1.93. The van der Waals surface area contributed by atoms with Crippen LogP contribution in [-0.4, -0.2) is 33.1 Å². The molecule has 1 rings (SSSR count). The summed E-state index contributed by atoms with van der Waals surface area (Å²) in [7, 11) is 1.67. The van der Waals surface area contributed by atoms with Gasteiger partial charge in [0, 0.05) is 7.05 Å². The summed E-state index contributed by atoms with van der Waals surface area (Å²) in [4.78, 5) is 0. The molecule has 0 unspecified atom stereocenters. The van der Waals surface area contributed by atoms with Crippen LogP contribution in [-0.2, 0) is 6.54 Å². The average molecular weight is 139 g/mol. The normalized spacial score (nSPS) is 9.30. The highest BCUT2D eigenvalue weighted by Gasteiger charge is 1.95. The van der Waals surface area contributed by atoms with Crippen molar-refractivity contribution in [3.05, 3.63) is 6.33 Å². The number of rotatable bonds is 2. The fraction of sp³-hybridized carbons (Fsp3) is 0.500. The Morgan fingerprint density at radius 2 is 2.60 bits per heavy atom. The lowest BCUT2D eigenvalue weighted by Crippen LogP contribution is -2.23. The van der Waals surface area contributed by atoms with Crippen LogP contribution < -0.4 is 5.32 Å². The Morgan fingerprint density at radius 1 is 1.80 bits per heavy atom. The van der Waals surface area contributed by atoms with Gasteiger partial charge >= 0.3 is 0 Å². The van der Waals surface area contributed by atoms with E-state index in [9.17, 15) is 0 Å². The third kappa shape index (κ3) is 1.51. The van der Waals surface area contributed by atoms with E-state index in [1.165, 1.54) is 4.68 Å². The number of aromatic nitrogens is 4. The lowest BCUT2D eigenvalue weighted by atomic mass is 10.6. The van der Waals surface area contributed by atoms with Crippen LogP contribution in [0.5, 0.6) is 0 Å². The van der Waals surface area contributed by atoms with Gasteiger partial charge in [-0.1, -0.05) is 0 Å². The molecule has 0 aromatic carbocycles.